The zero-order valence-electron chi connectivity index (χ0n) is 17.4. The Morgan fingerprint density at radius 2 is 1.32 bits per heavy atom. The fraction of sp³-hybridized carbons (Fsp3) is 0.500. The Morgan fingerprint density at radius 3 is 1.79 bits per heavy atom. The van der Waals surface area contributed by atoms with Gasteiger partial charge in [0.15, 0.2) is 0 Å². The Morgan fingerprint density at radius 1 is 0.821 bits per heavy atom. The molecule has 0 aromatic carbocycles. The van der Waals surface area contributed by atoms with Crippen molar-refractivity contribution in [3.8, 4) is 0 Å². The molecule has 0 radical (unpaired) electrons. The minimum absolute atomic E-state index is 0.151. The molecule has 1 N–H and O–H groups in total. The van der Waals surface area contributed by atoms with Gasteiger partial charge in [-0.1, -0.05) is 61.6 Å². The molecule has 0 heterocycles. The summed E-state index contributed by atoms with van der Waals surface area (Å²) in [4.78, 5) is 21.7. The molecule has 0 amide bonds. The summed E-state index contributed by atoms with van der Waals surface area (Å²) in [6.07, 6.45) is 27.7. The third kappa shape index (κ3) is 20.0. The van der Waals surface area contributed by atoms with Crippen molar-refractivity contribution in [1.82, 2.24) is 0 Å². The van der Waals surface area contributed by atoms with Crippen LogP contribution < -0.4 is 0 Å². The van der Waals surface area contributed by atoms with E-state index < -0.39 is 5.97 Å². The molecule has 0 aromatic rings. The highest BCUT2D eigenvalue weighted by molar-refractivity contribution is 5.66. The number of ether oxygens (including phenoxy) is 1. The Kier molecular flexibility index (Phi) is 17.8. The largest absolute Gasteiger partial charge is 0.481 e. The number of hydrogen-bond acceptors (Lipinski definition) is 3. The van der Waals surface area contributed by atoms with Gasteiger partial charge in [-0.15, -0.1) is 0 Å². The summed E-state index contributed by atoms with van der Waals surface area (Å²) in [7, 11) is 0. The van der Waals surface area contributed by atoms with Crippen LogP contribution in [0.15, 0.2) is 60.8 Å². The van der Waals surface area contributed by atoms with Gasteiger partial charge in [0, 0.05) is 13.3 Å². The first-order valence-corrected chi connectivity index (χ1v) is 10.2. The maximum atomic E-state index is 11.2. The lowest BCUT2D eigenvalue weighted by Gasteiger charge is -2.12. The van der Waals surface area contributed by atoms with Gasteiger partial charge in [-0.2, -0.15) is 0 Å². The molecular weight excluding hydrogens is 352 g/mol. The first-order chi connectivity index (χ1) is 13.6. The average Bonchev–Trinajstić information content (AvgIpc) is 2.64. The van der Waals surface area contributed by atoms with E-state index in [-0.39, 0.29) is 18.5 Å². The summed E-state index contributed by atoms with van der Waals surface area (Å²) < 4.78 is 5.25. The van der Waals surface area contributed by atoms with E-state index in [0.29, 0.717) is 12.8 Å². The minimum atomic E-state index is -0.793. The van der Waals surface area contributed by atoms with E-state index in [1.807, 2.05) is 12.2 Å². The number of carbonyl (C=O) groups is 2. The lowest BCUT2D eigenvalue weighted by Crippen LogP contribution is -2.13. The van der Waals surface area contributed by atoms with Gasteiger partial charge in [0.05, 0.1) is 0 Å². The van der Waals surface area contributed by atoms with Crippen molar-refractivity contribution in [2.24, 2.45) is 0 Å². The predicted molar refractivity (Wildman–Crippen MR) is 116 cm³/mol. The molecule has 4 heteroatoms. The van der Waals surface area contributed by atoms with E-state index in [2.05, 4.69) is 55.5 Å². The van der Waals surface area contributed by atoms with Crippen molar-refractivity contribution in [1.29, 1.82) is 0 Å². The average molecular weight is 389 g/mol. The topological polar surface area (TPSA) is 63.6 Å². The zero-order valence-corrected chi connectivity index (χ0v) is 17.4. The molecule has 4 nitrogen and oxygen atoms in total. The second-order valence-electron chi connectivity index (χ2n) is 6.45. The smallest absolute Gasteiger partial charge is 0.303 e. The molecule has 0 aliphatic carbocycles. The molecule has 156 valence electrons. The van der Waals surface area contributed by atoms with Gasteiger partial charge in [-0.3, -0.25) is 9.59 Å². The number of hydrogen-bond donors (Lipinski definition) is 1. The Hall–Kier alpha value is -2.36. The van der Waals surface area contributed by atoms with Crippen LogP contribution >= 0.6 is 0 Å². The van der Waals surface area contributed by atoms with Crippen LogP contribution in [-0.2, 0) is 14.3 Å². The molecule has 0 bridgehead atoms. The normalized spacial score (nSPS) is 13.5. The number of aliphatic carboxylic acids is 1. The summed E-state index contributed by atoms with van der Waals surface area (Å²) in [6.45, 7) is 3.52. The fourth-order valence-corrected chi connectivity index (χ4v) is 2.41. The SMILES string of the molecule is CC/C=C\C/C=C\C/C=C\C/C=C\C/C=C\C(CCCCC(=O)O)OC(C)=O. The van der Waals surface area contributed by atoms with Crippen molar-refractivity contribution >= 4 is 11.9 Å². The van der Waals surface area contributed by atoms with Crippen LogP contribution in [0, 0.1) is 0 Å². The van der Waals surface area contributed by atoms with Crippen molar-refractivity contribution < 1.29 is 19.4 Å². The van der Waals surface area contributed by atoms with E-state index >= 15 is 0 Å². The van der Waals surface area contributed by atoms with Crippen molar-refractivity contribution in [2.75, 3.05) is 0 Å². The molecule has 0 aliphatic rings. The van der Waals surface area contributed by atoms with Gasteiger partial charge in [-0.25, -0.2) is 0 Å². The first-order valence-electron chi connectivity index (χ1n) is 10.2. The van der Waals surface area contributed by atoms with E-state index in [1.54, 1.807) is 0 Å². The van der Waals surface area contributed by atoms with E-state index in [4.69, 9.17) is 9.84 Å². The van der Waals surface area contributed by atoms with E-state index in [9.17, 15) is 9.59 Å². The summed E-state index contributed by atoms with van der Waals surface area (Å²) >= 11 is 0. The standard InChI is InChI=1S/C24H36O4/c1-3-4-5-6-7-8-9-10-11-12-13-14-15-16-19-23(28-22(2)25)20-17-18-21-24(26)27/h4-5,7-8,10-11,13-14,16,19,23H,3,6,9,12,15,17-18,20-21H2,1-2H3,(H,26,27)/b5-4-,8-7-,11-10-,14-13-,19-16-. The highest BCUT2D eigenvalue weighted by Gasteiger charge is 2.08. The van der Waals surface area contributed by atoms with Crippen molar-refractivity contribution in [3.63, 3.8) is 0 Å². The third-order valence-electron chi connectivity index (χ3n) is 3.79. The van der Waals surface area contributed by atoms with Crippen molar-refractivity contribution in [3.05, 3.63) is 60.8 Å². The Balaban J connectivity index is 3.98. The summed E-state index contributed by atoms with van der Waals surface area (Å²) in [5.74, 6) is -1.11. The molecule has 0 saturated carbocycles. The predicted octanol–water partition coefficient (Wildman–Crippen LogP) is 6.31. The highest BCUT2D eigenvalue weighted by atomic mass is 16.5. The van der Waals surface area contributed by atoms with E-state index in [1.165, 1.54) is 6.92 Å². The number of unbranched alkanes of at least 4 members (excludes halogenated alkanes) is 1. The Labute approximate surface area is 170 Å². The molecule has 1 atom stereocenters. The van der Waals surface area contributed by atoms with E-state index in [0.717, 1.165) is 38.5 Å². The number of carboxylic acid groups (broad SMARTS) is 1. The van der Waals surface area contributed by atoms with Crippen LogP contribution in [0.4, 0.5) is 0 Å². The van der Waals surface area contributed by atoms with Crippen LogP contribution in [0.25, 0.3) is 0 Å². The maximum absolute atomic E-state index is 11.2. The fourth-order valence-electron chi connectivity index (χ4n) is 2.41. The second-order valence-corrected chi connectivity index (χ2v) is 6.45. The van der Waals surface area contributed by atoms with Crippen LogP contribution in [0.1, 0.15) is 71.6 Å². The molecule has 28 heavy (non-hydrogen) atoms. The van der Waals surface area contributed by atoms with Gasteiger partial charge in [-0.05, 0) is 57.4 Å². The first kappa shape index (κ1) is 25.6. The summed E-state index contributed by atoms with van der Waals surface area (Å²) in [5.41, 5.74) is 0. The summed E-state index contributed by atoms with van der Waals surface area (Å²) in [5, 5.41) is 8.65. The number of carboxylic acids is 1. The molecule has 0 spiro atoms. The molecule has 0 fully saturated rings. The van der Waals surface area contributed by atoms with Crippen LogP contribution in [0.5, 0.6) is 0 Å². The van der Waals surface area contributed by atoms with Crippen LogP contribution in [0.2, 0.25) is 0 Å². The lowest BCUT2D eigenvalue weighted by molar-refractivity contribution is -0.144. The number of rotatable bonds is 16. The van der Waals surface area contributed by atoms with Crippen LogP contribution in [0.3, 0.4) is 0 Å². The molecule has 0 rings (SSSR count). The third-order valence-corrected chi connectivity index (χ3v) is 3.79. The minimum Gasteiger partial charge on any atom is -0.481 e. The Bertz CT molecular complexity index is 553. The van der Waals surface area contributed by atoms with Crippen molar-refractivity contribution in [2.45, 2.75) is 77.7 Å². The molecule has 0 aromatic heterocycles. The quantitative estimate of drug-likeness (QED) is 0.191. The van der Waals surface area contributed by atoms with Gasteiger partial charge >= 0.3 is 11.9 Å². The van der Waals surface area contributed by atoms with Gasteiger partial charge in [0.2, 0.25) is 0 Å². The zero-order chi connectivity index (χ0) is 20.9. The number of carbonyl (C=O) groups excluding carboxylic acids is 1. The molecule has 0 aliphatic heterocycles. The van der Waals surface area contributed by atoms with Gasteiger partial charge in [0.1, 0.15) is 6.10 Å². The molecular formula is C24H36O4. The summed E-state index contributed by atoms with van der Waals surface area (Å²) in [6, 6.07) is 0. The number of allylic oxidation sites excluding steroid dienone is 9. The molecule has 0 saturated heterocycles. The highest BCUT2D eigenvalue weighted by Crippen LogP contribution is 2.09. The number of esters is 1. The van der Waals surface area contributed by atoms with Gasteiger partial charge < -0.3 is 9.84 Å². The van der Waals surface area contributed by atoms with Gasteiger partial charge in [0.25, 0.3) is 0 Å². The van der Waals surface area contributed by atoms with Crippen LogP contribution in [-0.4, -0.2) is 23.1 Å². The lowest BCUT2D eigenvalue weighted by atomic mass is 10.1. The maximum Gasteiger partial charge on any atom is 0.303 e. The monoisotopic (exact) mass is 388 g/mol. The molecule has 1 unspecified atom stereocenters. The second kappa shape index (κ2) is 19.4.